The van der Waals surface area contributed by atoms with Crippen LogP contribution in [-0.4, -0.2) is 29.0 Å². The van der Waals surface area contributed by atoms with Gasteiger partial charge in [0.25, 0.3) is 5.91 Å². The van der Waals surface area contributed by atoms with Gasteiger partial charge >= 0.3 is 5.97 Å². The topological polar surface area (TPSA) is 84.1 Å². The number of benzene rings is 2. The zero-order chi connectivity index (χ0) is 22.3. The number of esters is 1. The summed E-state index contributed by atoms with van der Waals surface area (Å²) >= 11 is 0. The fourth-order valence-corrected chi connectivity index (χ4v) is 3.67. The summed E-state index contributed by atoms with van der Waals surface area (Å²) in [5, 5.41) is 4.72. The van der Waals surface area contributed by atoms with Gasteiger partial charge < -0.3 is 15.0 Å². The number of hydrogen-bond donors (Lipinski definition) is 2. The molecular formula is C25H25N3O3. The van der Waals surface area contributed by atoms with Gasteiger partial charge in [-0.15, -0.1) is 0 Å². The van der Waals surface area contributed by atoms with Crippen molar-refractivity contribution in [3.8, 4) is 0 Å². The molecule has 6 heteroatoms. The number of amides is 1. The summed E-state index contributed by atoms with van der Waals surface area (Å²) in [6.45, 7) is 8.26. The van der Waals surface area contributed by atoms with Crippen LogP contribution in [0, 0.1) is 6.92 Å². The number of pyridine rings is 1. The lowest BCUT2D eigenvalue weighted by molar-refractivity contribution is 0.0594. The molecule has 31 heavy (non-hydrogen) atoms. The Hall–Kier alpha value is -3.67. The summed E-state index contributed by atoms with van der Waals surface area (Å²) in [6, 6.07) is 15.0. The number of ether oxygens (including phenoxy) is 1. The summed E-state index contributed by atoms with van der Waals surface area (Å²) in [5.41, 5.74) is 5.19. The molecule has 0 spiro atoms. The number of fused-ring (bicyclic) bond motifs is 3. The van der Waals surface area contributed by atoms with E-state index in [-0.39, 0.29) is 17.0 Å². The molecule has 0 saturated carbocycles. The van der Waals surface area contributed by atoms with Crippen LogP contribution in [0.3, 0.4) is 0 Å². The number of nitrogens with zero attached hydrogens (tertiary/aromatic N) is 1. The standard InChI is InChI=1S/C25H25N3O3/c1-14-22-19(13-21(26-14)24(30)31-5)18-12-17(10-11-20(18)28-22)27-23(29)15-6-8-16(9-7-15)25(2,3)4/h6-13,28H,1-5H3,(H,27,29). The second kappa shape index (κ2) is 7.54. The first-order chi connectivity index (χ1) is 14.7. The Kier molecular flexibility index (Phi) is 5.01. The van der Waals surface area contributed by atoms with Gasteiger partial charge in [0.05, 0.1) is 18.3 Å². The highest BCUT2D eigenvalue weighted by Gasteiger charge is 2.16. The van der Waals surface area contributed by atoms with Gasteiger partial charge in [0, 0.05) is 27.5 Å². The molecule has 4 rings (SSSR count). The number of aryl methyl sites for hydroxylation is 1. The van der Waals surface area contributed by atoms with E-state index in [1.54, 1.807) is 6.07 Å². The summed E-state index contributed by atoms with van der Waals surface area (Å²) in [4.78, 5) is 32.4. The molecule has 0 aliphatic carbocycles. The van der Waals surface area contributed by atoms with Gasteiger partial charge in [0.1, 0.15) is 5.69 Å². The van der Waals surface area contributed by atoms with E-state index in [0.717, 1.165) is 21.8 Å². The van der Waals surface area contributed by atoms with Gasteiger partial charge in [-0.1, -0.05) is 32.9 Å². The molecule has 0 unspecified atom stereocenters. The number of aromatic nitrogens is 2. The zero-order valence-corrected chi connectivity index (χ0v) is 18.3. The van der Waals surface area contributed by atoms with E-state index in [0.29, 0.717) is 16.9 Å². The van der Waals surface area contributed by atoms with Gasteiger partial charge in [0.15, 0.2) is 0 Å². The summed E-state index contributed by atoms with van der Waals surface area (Å²) < 4.78 is 4.81. The summed E-state index contributed by atoms with van der Waals surface area (Å²) in [7, 11) is 1.33. The van der Waals surface area contributed by atoms with Crippen molar-refractivity contribution in [3.05, 3.63) is 71.0 Å². The molecule has 0 saturated heterocycles. The second-order valence-corrected chi connectivity index (χ2v) is 8.67. The zero-order valence-electron chi connectivity index (χ0n) is 18.3. The largest absolute Gasteiger partial charge is 0.464 e. The maximum atomic E-state index is 12.8. The van der Waals surface area contributed by atoms with Crippen LogP contribution in [0.4, 0.5) is 5.69 Å². The van der Waals surface area contributed by atoms with E-state index in [1.165, 1.54) is 12.7 Å². The van der Waals surface area contributed by atoms with Crippen molar-refractivity contribution in [2.75, 3.05) is 12.4 Å². The Morgan fingerprint density at radius 2 is 1.71 bits per heavy atom. The molecule has 0 fully saturated rings. The van der Waals surface area contributed by atoms with Crippen LogP contribution >= 0.6 is 0 Å². The fourth-order valence-electron chi connectivity index (χ4n) is 3.67. The predicted molar refractivity (Wildman–Crippen MR) is 123 cm³/mol. The van der Waals surface area contributed by atoms with Crippen LogP contribution in [0.5, 0.6) is 0 Å². The highest BCUT2D eigenvalue weighted by molar-refractivity contribution is 6.12. The minimum Gasteiger partial charge on any atom is -0.464 e. The van der Waals surface area contributed by atoms with E-state index in [1.807, 2.05) is 49.4 Å². The highest BCUT2D eigenvalue weighted by atomic mass is 16.5. The molecule has 0 radical (unpaired) electrons. The van der Waals surface area contributed by atoms with Crippen molar-refractivity contribution < 1.29 is 14.3 Å². The van der Waals surface area contributed by atoms with Gasteiger partial charge in [0.2, 0.25) is 0 Å². The van der Waals surface area contributed by atoms with Gasteiger partial charge in [-0.2, -0.15) is 0 Å². The van der Waals surface area contributed by atoms with E-state index in [9.17, 15) is 9.59 Å². The maximum Gasteiger partial charge on any atom is 0.356 e. The second-order valence-electron chi connectivity index (χ2n) is 8.67. The first-order valence-corrected chi connectivity index (χ1v) is 10.1. The number of carbonyl (C=O) groups excluding carboxylic acids is 2. The van der Waals surface area contributed by atoms with Crippen LogP contribution in [0.2, 0.25) is 0 Å². The van der Waals surface area contributed by atoms with Crippen molar-refractivity contribution in [3.63, 3.8) is 0 Å². The average molecular weight is 415 g/mol. The minimum atomic E-state index is -0.484. The highest BCUT2D eigenvalue weighted by Crippen LogP contribution is 2.30. The Morgan fingerprint density at radius 1 is 1.00 bits per heavy atom. The number of nitrogens with one attached hydrogen (secondary N) is 2. The molecule has 2 aromatic heterocycles. The van der Waals surface area contributed by atoms with Crippen molar-refractivity contribution in [1.29, 1.82) is 0 Å². The molecule has 0 aliphatic rings. The molecule has 4 aromatic rings. The van der Waals surface area contributed by atoms with E-state index >= 15 is 0 Å². The molecule has 0 atom stereocenters. The fraction of sp³-hybridized carbons (Fsp3) is 0.240. The molecule has 0 aliphatic heterocycles. The van der Waals surface area contributed by atoms with Crippen molar-refractivity contribution in [1.82, 2.24) is 9.97 Å². The number of H-pyrrole nitrogens is 1. The van der Waals surface area contributed by atoms with Crippen molar-refractivity contribution in [2.24, 2.45) is 0 Å². The quantitative estimate of drug-likeness (QED) is 0.441. The predicted octanol–water partition coefficient (Wildman–Crippen LogP) is 5.36. The van der Waals surface area contributed by atoms with Crippen LogP contribution in [0.25, 0.3) is 21.8 Å². The molecule has 1 amide bonds. The Morgan fingerprint density at radius 3 is 2.35 bits per heavy atom. The third-order valence-electron chi connectivity index (χ3n) is 5.44. The molecular weight excluding hydrogens is 390 g/mol. The molecule has 158 valence electrons. The maximum absolute atomic E-state index is 12.8. The third-order valence-corrected chi connectivity index (χ3v) is 5.44. The van der Waals surface area contributed by atoms with E-state index < -0.39 is 5.97 Å². The monoisotopic (exact) mass is 415 g/mol. The van der Waals surface area contributed by atoms with Crippen LogP contribution < -0.4 is 5.32 Å². The molecule has 2 N–H and O–H groups in total. The number of carbonyl (C=O) groups is 2. The smallest absolute Gasteiger partial charge is 0.356 e. The van der Waals surface area contributed by atoms with Gasteiger partial charge in [-0.05, 0) is 54.3 Å². The lowest BCUT2D eigenvalue weighted by Gasteiger charge is -2.19. The SMILES string of the molecule is COC(=O)c1cc2c([nH]c3ccc(NC(=O)c4ccc(C(C)(C)C)cc4)cc32)c(C)n1. The van der Waals surface area contributed by atoms with Crippen LogP contribution in [0.15, 0.2) is 48.5 Å². The molecule has 2 heterocycles. The number of methoxy groups -OCH3 is 1. The van der Waals surface area contributed by atoms with Crippen molar-refractivity contribution >= 4 is 39.4 Å². The Bertz CT molecular complexity index is 1310. The van der Waals surface area contributed by atoms with Gasteiger partial charge in [-0.3, -0.25) is 4.79 Å². The molecule has 6 nitrogen and oxygen atoms in total. The molecule has 2 aromatic carbocycles. The van der Waals surface area contributed by atoms with E-state index in [2.05, 4.69) is 36.1 Å². The van der Waals surface area contributed by atoms with Crippen LogP contribution in [-0.2, 0) is 10.2 Å². The first-order valence-electron chi connectivity index (χ1n) is 10.1. The Labute approximate surface area is 180 Å². The lowest BCUT2D eigenvalue weighted by Crippen LogP contribution is -2.14. The number of hydrogen-bond acceptors (Lipinski definition) is 4. The normalized spacial score (nSPS) is 11.6. The third kappa shape index (κ3) is 3.89. The first kappa shape index (κ1) is 20.6. The van der Waals surface area contributed by atoms with Crippen LogP contribution in [0.1, 0.15) is 52.9 Å². The average Bonchev–Trinajstić information content (AvgIpc) is 3.11. The van der Waals surface area contributed by atoms with Gasteiger partial charge in [-0.25, -0.2) is 9.78 Å². The number of rotatable bonds is 3. The van der Waals surface area contributed by atoms with Crippen molar-refractivity contribution in [2.45, 2.75) is 33.1 Å². The number of aromatic amines is 1. The minimum absolute atomic E-state index is 0.0332. The summed E-state index contributed by atoms with van der Waals surface area (Å²) in [6.07, 6.45) is 0. The lowest BCUT2D eigenvalue weighted by atomic mass is 9.87. The summed E-state index contributed by atoms with van der Waals surface area (Å²) in [5.74, 6) is -0.657. The van der Waals surface area contributed by atoms with E-state index in [4.69, 9.17) is 4.74 Å². The Balaban J connectivity index is 1.68. The molecule has 0 bridgehead atoms. The number of anilines is 1.